The zero-order valence-electron chi connectivity index (χ0n) is 11.4. The van der Waals surface area contributed by atoms with E-state index in [1.807, 2.05) is 0 Å². The molecule has 0 saturated carbocycles. The fourth-order valence-electron chi connectivity index (χ4n) is 2.01. The lowest BCUT2D eigenvalue weighted by Crippen LogP contribution is -2.41. The van der Waals surface area contributed by atoms with Crippen LogP contribution in [-0.4, -0.2) is 46.9 Å². The van der Waals surface area contributed by atoms with Crippen molar-refractivity contribution in [2.45, 2.75) is 50.8 Å². The van der Waals surface area contributed by atoms with Crippen molar-refractivity contribution >= 4 is 17.7 Å². The number of hydrogen-bond donors (Lipinski definition) is 0. The van der Waals surface area contributed by atoms with Crippen LogP contribution in [0.1, 0.15) is 33.6 Å². The van der Waals surface area contributed by atoms with E-state index in [4.69, 9.17) is 4.74 Å². The Hall–Kier alpha value is -0.430. The van der Waals surface area contributed by atoms with Crippen LogP contribution in [0.3, 0.4) is 0 Å². The molecule has 1 aliphatic heterocycles. The van der Waals surface area contributed by atoms with Crippen molar-refractivity contribution in [2.75, 3.05) is 18.8 Å². The summed E-state index contributed by atoms with van der Waals surface area (Å²) in [6, 6.07) is -0.395. The van der Waals surface area contributed by atoms with E-state index >= 15 is 0 Å². The second-order valence-corrected chi connectivity index (χ2v) is 6.68. The number of alkyl halides is 3. The highest BCUT2D eigenvalue weighted by Gasteiger charge is 2.35. The minimum Gasteiger partial charge on any atom is -0.459 e. The number of ether oxygens (including phenoxy) is 1. The van der Waals surface area contributed by atoms with Gasteiger partial charge in [-0.1, -0.05) is 0 Å². The number of likely N-dealkylation sites (tertiary alicyclic amines) is 1. The van der Waals surface area contributed by atoms with Gasteiger partial charge in [0.15, 0.2) is 0 Å². The Bertz CT molecular complexity index is 315. The SMILES string of the molecule is CC(C)(C)OC(=O)[C@H]1CCCN1CCSC(F)(F)F. The zero-order valence-corrected chi connectivity index (χ0v) is 12.2. The van der Waals surface area contributed by atoms with Crippen LogP contribution < -0.4 is 0 Å². The summed E-state index contributed by atoms with van der Waals surface area (Å²) in [6.45, 7) is 6.26. The lowest BCUT2D eigenvalue weighted by atomic mass is 10.1. The quantitative estimate of drug-likeness (QED) is 0.746. The first-order valence-corrected chi connectivity index (χ1v) is 7.25. The number of halogens is 3. The summed E-state index contributed by atoms with van der Waals surface area (Å²) in [4.78, 5) is 13.7. The summed E-state index contributed by atoms with van der Waals surface area (Å²) < 4.78 is 41.5. The van der Waals surface area contributed by atoms with Crippen LogP contribution in [0, 0.1) is 0 Å². The van der Waals surface area contributed by atoms with Crippen molar-refractivity contribution < 1.29 is 22.7 Å². The van der Waals surface area contributed by atoms with Crippen molar-refractivity contribution in [1.82, 2.24) is 4.90 Å². The third-order valence-electron chi connectivity index (χ3n) is 2.69. The highest BCUT2D eigenvalue weighted by molar-refractivity contribution is 8.00. The Morgan fingerprint density at radius 1 is 1.37 bits per heavy atom. The molecule has 1 saturated heterocycles. The number of rotatable bonds is 4. The minimum absolute atomic E-state index is 0.0465. The van der Waals surface area contributed by atoms with E-state index in [0.29, 0.717) is 13.0 Å². The minimum atomic E-state index is -4.21. The Morgan fingerprint density at radius 3 is 2.53 bits per heavy atom. The van der Waals surface area contributed by atoms with Crippen LogP contribution in [0.4, 0.5) is 13.2 Å². The van der Waals surface area contributed by atoms with Gasteiger partial charge < -0.3 is 4.74 Å². The maximum absolute atomic E-state index is 12.1. The molecule has 112 valence electrons. The molecule has 0 unspecified atom stereocenters. The van der Waals surface area contributed by atoms with Crippen LogP contribution in [0.25, 0.3) is 0 Å². The van der Waals surface area contributed by atoms with Crippen LogP contribution in [0.15, 0.2) is 0 Å². The van der Waals surface area contributed by atoms with E-state index in [-0.39, 0.29) is 30.0 Å². The second kappa shape index (κ2) is 6.35. The van der Waals surface area contributed by atoms with Gasteiger partial charge in [0.1, 0.15) is 11.6 Å². The van der Waals surface area contributed by atoms with Gasteiger partial charge in [0.05, 0.1) is 0 Å². The fraction of sp³-hybridized carbons (Fsp3) is 0.917. The molecule has 0 amide bonds. The Labute approximate surface area is 115 Å². The lowest BCUT2D eigenvalue weighted by Gasteiger charge is -2.27. The molecule has 0 aromatic heterocycles. The Balaban J connectivity index is 2.43. The van der Waals surface area contributed by atoms with Gasteiger partial charge in [-0.15, -0.1) is 0 Å². The monoisotopic (exact) mass is 299 g/mol. The largest absolute Gasteiger partial charge is 0.459 e. The molecule has 1 heterocycles. The first-order valence-electron chi connectivity index (χ1n) is 6.26. The average Bonchev–Trinajstić information content (AvgIpc) is 2.61. The number of nitrogens with zero attached hydrogens (tertiary/aromatic N) is 1. The standard InChI is InChI=1S/C12H20F3NO2S/c1-11(2,3)18-10(17)9-5-4-6-16(9)7-8-19-12(13,14)15/h9H,4-8H2,1-3H3/t9-/m1/s1. The van der Waals surface area contributed by atoms with Crippen LogP contribution >= 0.6 is 11.8 Å². The summed E-state index contributed by atoms with van der Waals surface area (Å²) in [7, 11) is 0. The summed E-state index contributed by atoms with van der Waals surface area (Å²) in [5.41, 5.74) is -4.77. The van der Waals surface area contributed by atoms with E-state index in [1.165, 1.54) is 0 Å². The van der Waals surface area contributed by atoms with E-state index in [0.717, 1.165) is 6.42 Å². The molecule has 19 heavy (non-hydrogen) atoms. The van der Waals surface area contributed by atoms with Crippen molar-refractivity contribution in [3.8, 4) is 0 Å². The van der Waals surface area contributed by atoms with Gasteiger partial charge in [0.2, 0.25) is 0 Å². The number of carbonyl (C=O) groups is 1. The first kappa shape index (κ1) is 16.6. The second-order valence-electron chi connectivity index (χ2n) is 5.52. The number of thioether (sulfide) groups is 1. The van der Waals surface area contributed by atoms with Gasteiger partial charge >= 0.3 is 11.5 Å². The van der Waals surface area contributed by atoms with Crippen molar-refractivity contribution in [3.05, 3.63) is 0 Å². The van der Waals surface area contributed by atoms with Gasteiger partial charge in [-0.2, -0.15) is 13.2 Å². The van der Waals surface area contributed by atoms with Crippen molar-refractivity contribution in [3.63, 3.8) is 0 Å². The predicted octanol–water partition coefficient (Wildman–Crippen LogP) is 3.05. The molecule has 7 heteroatoms. The van der Waals surface area contributed by atoms with E-state index in [2.05, 4.69) is 0 Å². The third-order valence-corrected chi connectivity index (χ3v) is 3.40. The predicted molar refractivity (Wildman–Crippen MR) is 69.0 cm³/mol. The van der Waals surface area contributed by atoms with Crippen molar-refractivity contribution in [2.24, 2.45) is 0 Å². The number of carbonyl (C=O) groups excluding carboxylic acids is 1. The zero-order chi connectivity index (χ0) is 14.7. The molecule has 0 aromatic rings. The van der Waals surface area contributed by atoms with E-state index < -0.39 is 17.2 Å². The Morgan fingerprint density at radius 2 is 2.00 bits per heavy atom. The van der Waals surface area contributed by atoms with E-state index in [1.54, 1.807) is 25.7 Å². The maximum atomic E-state index is 12.1. The molecule has 1 aliphatic rings. The van der Waals surface area contributed by atoms with Crippen LogP contribution in [0.5, 0.6) is 0 Å². The lowest BCUT2D eigenvalue weighted by molar-refractivity contribution is -0.160. The summed E-state index contributed by atoms with van der Waals surface area (Å²) in [6.07, 6.45) is 1.48. The molecule has 0 spiro atoms. The molecular weight excluding hydrogens is 279 g/mol. The maximum Gasteiger partial charge on any atom is 0.441 e. The number of esters is 1. The summed E-state index contributed by atoms with van der Waals surface area (Å²) in [5.74, 6) is -0.384. The van der Waals surface area contributed by atoms with Crippen LogP contribution in [0.2, 0.25) is 0 Å². The van der Waals surface area contributed by atoms with Gasteiger partial charge in [0, 0.05) is 12.3 Å². The topological polar surface area (TPSA) is 29.5 Å². The fourth-order valence-corrected chi connectivity index (χ4v) is 2.57. The highest BCUT2D eigenvalue weighted by Crippen LogP contribution is 2.30. The first-order chi connectivity index (χ1) is 8.58. The smallest absolute Gasteiger partial charge is 0.441 e. The highest BCUT2D eigenvalue weighted by atomic mass is 32.2. The molecule has 1 fully saturated rings. The summed E-state index contributed by atoms with van der Waals surface area (Å²) in [5, 5.41) is 0. The number of hydrogen-bond acceptors (Lipinski definition) is 4. The van der Waals surface area contributed by atoms with Gasteiger partial charge in [-0.3, -0.25) is 9.69 Å². The molecule has 1 rings (SSSR count). The molecular formula is C12H20F3NO2S. The summed E-state index contributed by atoms with van der Waals surface area (Å²) >= 11 is -0.0465. The van der Waals surface area contributed by atoms with Gasteiger partial charge in [-0.05, 0) is 51.9 Å². The molecule has 0 radical (unpaired) electrons. The van der Waals surface area contributed by atoms with Crippen molar-refractivity contribution in [1.29, 1.82) is 0 Å². The molecule has 0 aliphatic carbocycles. The average molecular weight is 299 g/mol. The molecule has 3 nitrogen and oxygen atoms in total. The van der Waals surface area contributed by atoms with Gasteiger partial charge in [0.25, 0.3) is 0 Å². The normalized spacial score (nSPS) is 21.7. The van der Waals surface area contributed by atoms with E-state index in [9.17, 15) is 18.0 Å². The van der Waals surface area contributed by atoms with Gasteiger partial charge in [-0.25, -0.2) is 0 Å². The third kappa shape index (κ3) is 6.51. The molecule has 0 bridgehead atoms. The van der Waals surface area contributed by atoms with Crippen LogP contribution in [-0.2, 0) is 9.53 Å². The molecule has 0 aromatic carbocycles. The Kier molecular flexibility index (Phi) is 5.55. The molecule has 1 atom stereocenters. The molecule has 0 N–H and O–H groups in total.